The summed E-state index contributed by atoms with van der Waals surface area (Å²) in [5, 5.41) is 72.2. The average molecular weight is 975 g/mol. The van der Waals surface area contributed by atoms with Crippen molar-refractivity contribution in [2.24, 2.45) is 0 Å². The summed E-state index contributed by atoms with van der Waals surface area (Å²) in [5.74, 6) is -0.380. The van der Waals surface area contributed by atoms with Gasteiger partial charge in [-0.2, -0.15) is 0 Å². The lowest BCUT2D eigenvalue weighted by Gasteiger charge is -2.42. The van der Waals surface area contributed by atoms with Crippen molar-refractivity contribution in [2.45, 2.75) is 293 Å². The van der Waals surface area contributed by atoms with Crippen LogP contribution >= 0.6 is 0 Å². The third kappa shape index (κ3) is 29.3. The fourth-order valence-corrected chi connectivity index (χ4v) is 8.99. The van der Waals surface area contributed by atoms with E-state index in [-0.39, 0.29) is 25.6 Å². The summed E-state index contributed by atoms with van der Waals surface area (Å²) >= 11 is 0. The van der Waals surface area contributed by atoms with Gasteiger partial charge in [-0.1, -0.05) is 193 Å². The summed E-state index contributed by atoms with van der Waals surface area (Å²) in [6, 6.07) is 0. The van der Waals surface area contributed by atoms with Crippen LogP contribution in [0.4, 0.5) is 0 Å². The highest BCUT2D eigenvalue weighted by Gasteiger charge is 2.47. The van der Waals surface area contributed by atoms with Gasteiger partial charge in [0.2, 0.25) is 0 Å². The van der Waals surface area contributed by atoms with Crippen LogP contribution in [0.3, 0.4) is 0 Å². The van der Waals surface area contributed by atoms with Gasteiger partial charge in [0.1, 0.15) is 54.9 Å². The van der Waals surface area contributed by atoms with Gasteiger partial charge in [-0.25, -0.2) is 0 Å². The second kappa shape index (κ2) is 42.3. The van der Waals surface area contributed by atoms with Crippen molar-refractivity contribution in [2.75, 3.05) is 33.0 Å². The monoisotopic (exact) mass is 975 g/mol. The molecule has 11 unspecified atom stereocenters. The number of carbonyl (C=O) groups excluding carboxylic acids is 1. The zero-order valence-electron chi connectivity index (χ0n) is 42.9. The van der Waals surface area contributed by atoms with Crippen molar-refractivity contribution in [1.29, 1.82) is 0 Å². The van der Waals surface area contributed by atoms with Gasteiger partial charge in [-0.05, 0) is 38.5 Å². The molecular weight excluding hydrogens is 873 g/mol. The summed E-state index contributed by atoms with van der Waals surface area (Å²) in [6.07, 6.45) is 28.4. The van der Waals surface area contributed by atoms with E-state index in [1.165, 1.54) is 141 Å². The van der Waals surface area contributed by atoms with Crippen molar-refractivity contribution >= 4 is 5.97 Å². The molecule has 2 saturated heterocycles. The number of esters is 1. The Morgan fingerprint density at radius 1 is 0.471 bits per heavy atom. The highest BCUT2D eigenvalue weighted by molar-refractivity contribution is 5.69. The van der Waals surface area contributed by atoms with Crippen LogP contribution in [-0.2, 0) is 33.2 Å². The Kier molecular flexibility index (Phi) is 39.1. The molecule has 14 heteroatoms. The average Bonchev–Trinajstić information content (AvgIpc) is 3.33. The number of hydrogen-bond acceptors (Lipinski definition) is 14. The maximum atomic E-state index is 13.0. The molecule has 2 heterocycles. The highest BCUT2D eigenvalue weighted by atomic mass is 16.7. The number of carbonyl (C=O) groups is 1. The third-order valence-corrected chi connectivity index (χ3v) is 13.5. The first-order chi connectivity index (χ1) is 33.1. The van der Waals surface area contributed by atoms with Crippen LogP contribution in [0.25, 0.3) is 0 Å². The lowest BCUT2D eigenvalue weighted by molar-refractivity contribution is -0.332. The van der Waals surface area contributed by atoms with E-state index in [4.69, 9.17) is 28.4 Å². The minimum atomic E-state index is -1.70. The van der Waals surface area contributed by atoms with Gasteiger partial charge >= 0.3 is 5.97 Å². The minimum Gasteiger partial charge on any atom is -0.457 e. The number of ether oxygens (including phenoxy) is 6. The zero-order valence-corrected chi connectivity index (χ0v) is 42.9. The van der Waals surface area contributed by atoms with Gasteiger partial charge in [0.25, 0.3) is 0 Å². The number of hydrogen-bond donors (Lipinski definition) is 7. The number of rotatable bonds is 45. The van der Waals surface area contributed by atoms with Crippen molar-refractivity contribution in [3.63, 3.8) is 0 Å². The van der Waals surface area contributed by atoms with Gasteiger partial charge in [0.05, 0.1) is 26.4 Å². The Morgan fingerprint density at radius 2 is 0.868 bits per heavy atom. The molecule has 0 aromatic carbocycles. The summed E-state index contributed by atoms with van der Waals surface area (Å²) < 4.78 is 34.3. The molecule has 0 bridgehead atoms. The van der Waals surface area contributed by atoms with E-state index in [2.05, 4.69) is 26.0 Å². The number of aliphatic hydroxyl groups excluding tert-OH is 7. The molecule has 0 amide bonds. The van der Waals surface area contributed by atoms with Crippen LogP contribution in [-0.4, -0.2) is 142 Å². The fraction of sp³-hybridized carbons (Fsp3) is 0.944. The SMILES string of the molecule is CCCCCCCCC/C=C\CCCCCCCC(=O)OC(COCCCCCCCCCCCCCCCCCCCC)COC1OC(COC2OC(CO)C(O)C(O)C2O)C(O)C(O)C1O. The summed E-state index contributed by atoms with van der Waals surface area (Å²) in [4.78, 5) is 13.0. The topological polar surface area (TPSA) is 214 Å². The molecule has 2 fully saturated rings. The van der Waals surface area contributed by atoms with Crippen molar-refractivity contribution in [3.05, 3.63) is 12.2 Å². The molecule has 7 N–H and O–H groups in total. The van der Waals surface area contributed by atoms with E-state index in [1.807, 2.05) is 0 Å². The Hall–Kier alpha value is -1.27. The van der Waals surface area contributed by atoms with Crippen LogP contribution in [0.15, 0.2) is 12.2 Å². The molecule has 14 nitrogen and oxygen atoms in total. The lowest BCUT2D eigenvalue weighted by atomic mass is 9.98. The first kappa shape index (κ1) is 62.8. The van der Waals surface area contributed by atoms with Crippen LogP contribution < -0.4 is 0 Å². The standard InChI is InChI=1S/C54H102O14/c1-3-5-7-9-11-13-15-17-19-21-22-24-26-28-30-32-34-36-38-63-40-43(66-46(56)37-35-33-31-29-27-25-23-20-18-16-14-12-10-8-6-4-2)41-64-53-52(62)50(60)48(58)45(68-53)42-65-54-51(61)49(59)47(57)44(39-55)67-54/h20,23,43-45,47-55,57-62H,3-19,21-22,24-42H2,1-2H3/b23-20-. The lowest BCUT2D eigenvalue weighted by Crippen LogP contribution is -2.61. The van der Waals surface area contributed by atoms with Gasteiger partial charge < -0.3 is 64.2 Å². The highest BCUT2D eigenvalue weighted by Crippen LogP contribution is 2.27. The second-order valence-electron chi connectivity index (χ2n) is 19.8. The van der Waals surface area contributed by atoms with E-state index in [0.717, 1.165) is 57.8 Å². The quantitative estimate of drug-likeness (QED) is 0.0172. The predicted octanol–water partition coefficient (Wildman–Crippen LogP) is 9.02. The number of aliphatic hydroxyl groups is 7. The maximum Gasteiger partial charge on any atom is 0.306 e. The molecule has 0 aromatic heterocycles. The first-order valence-electron chi connectivity index (χ1n) is 27.8. The molecule has 0 aromatic rings. The minimum absolute atomic E-state index is 0.0643. The molecule has 0 radical (unpaired) electrons. The number of unbranched alkanes of at least 4 members (excludes halogenated alkanes) is 29. The Morgan fingerprint density at radius 3 is 1.34 bits per heavy atom. The number of allylic oxidation sites excluding steroid dienone is 2. The molecule has 2 aliphatic heterocycles. The Bertz CT molecular complexity index is 1180. The Labute approximate surface area is 412 Å². The smallest absolute Gasteiger partial charge is 0.306 e. The van der Waals surface area contributed by atoms with Gasteiger partial charge in [0, 0.05) is 13.0 Å². The molecule has 11 atom stereocenters. The molecule has 0 saturated carbocycles. The first-order valence-corrected chi connectivity index (χ1v) is 27.8. The largest absolute Gasteiger partial charge is 0.457 e. The van der Waals surface area contributed by atoms with E-state index in [0.29, 0.717) is 13.0 Å². The van der Waals surface area contributed by atoms with Crippen LogP contribution in [0.5, 0.6) is 0 Å². The van der Waals surface area contributed by atoms with Crippen molar-refractivity contribution in [1.82, 2.24) is 0 Å². The molecule has 402 valence electrons. The summed E-state index contributed by atoms with van der Waals surface area (Å²) in [5.41, 5.74) is 0. The van der Waals surface area contributed by atoms with Crippen molar-refractivity contribution < 1.29 is 69.0 Å². The van der Waals surface area contributed by atoms with E-state index in [1.54, 1.807) is 0 Å². The normalized spacial score (nSPS) is 25.9. The van der Waals surface area contributed by atoms with Crippen molar-refractivity contribution in [3.8, 4) is 0 Å². The molecule has 68 heavy (non-hydrogen) atoms. The van der Waals surface area contributed by atoms with Crippen LogP contribution in [0.2, 0.25) is 0 Å². The molecule has 2 aliphatic rings. The van der Waals surface area contributed by atoms with Crippen LogP contribution in [0, 0.1) is 0 Å². The molecule has 0 aliphatic carbocycles. The van der Waals surface area contributed by atoms with E-state index < -0.39 is 80.7 Å². The Balaban J connectivity index is 1.74. The molecule has 2 rings (SSSR count). The zero-order chi connectivity index (χ0) is 49.5. The molecule has 0 spiro atoms. The van der Waals surface area contributed by atoms with Gasteiger partial charge in [-0.15, -0.1) is 0 Å². The van der Waals surface area contributed by atoms with E-state index in [9.17, 15) is 40.5 Å². The fourth-order valence-electron chi connectivity index (χ4n) is 8.99. The van der Waals surface area contributed by atoms with Gasteiger partial charge in [0.15, 0.2) is 12.6 Å². The molecular formula is C54H102O14. The predicted molar refractivity (Wildman–Crippen MR) is 266 cm³/mol. The van der Waals surface area contributed by atoms with E-state index >= 15 is 0 Å². The van der Waals surface area contributed by atoms with Crippen LogP contribution in [0.1, 0.15) is 226 Å². The summed E-state index contributed by atoms with van der Waals surface area (Å²) in [6.45, 7) is 3.72. The summed E-state index contributed by atoms with van der Waals surface area (Å²) in [7, 11) is 0. The second-order valence-corrected chi connectivity index (χ2v) is 19.8. The van der Waals surface area contributed by atoms with Gasteiger partial charge in [-0.3, -0.25) is 4.79 Å². The third-order valence-electron chi connectivity index (χ3n) is 13.5. The maximum absolute atomic E-state index is 13.0.